The summed E-state index contributed by atoms with van der Waals surface area (Å²) < 4.78 is 5.75. The summed E-state index contributed by atoms with van der Waals surface area (Å²) >= 11 is 0. The van der Waals surface area contributed by atoms with Crippen molar-refractivity contribution >= 4 is 47.5 Å². The third kappa shape index (κ3) is 15.5. The lowest BCUT2D eigenvalue weighted by molar-refractivity contribution is -0.141. The maximum atomic E-state index is 14.0. The summed E-state index contributed by atoms with van der Waals surface area (Å²) in [7, 11) is 0. The number of hydrogen-bond donors (Lipinski definition) is 9. The highest BCUT2D eigenvalue weighted by Crippen LogP contribution is 2.44. The highest BCUT2D eigenvalue weighted by molar-refractivity contribution is 5.97. The smallest absolute Gasteiger partial charge is 0.407 e. The molecule has 2 aromatic carbocycles. The Labute approximate surface area is 404 Å². The van der Waals surface area contributed by atoms with E-state index in [9.17, 15) is 43.5 Å². The van der Waals surface area contributed by atoms with E-state index in [1.165, 1.54) is 11.0 Å². The van der Waals surface area contributed by atoms with Crippen LogP contribution in [0.3, 0.4) is 0 Å². The van der Waals surface area contributed by atoms with Crippen molar-refractivity contribution in [2.24, 2.45) is 11.8 Å². The van der Waals surface area contributed by atoms with Gasteiger partial charge in [-0.3, -0.25) is 33.6 Å². The molecular formula is C50H70N8O11. The fourth-order valence-corrected chi connectivity index (χ4v) is 8.50. The standard InChI is InChI=1S/C50H70N8O11/c1-8-16-32(53-50(68)69-28-37-35-20-13-11-18-33(35)34-19-12-14-21-36(34)37)25-51-31(7)49(67)58-23-15-22-41(58)47(65)57-43(30(6)10-3)48(66)54-38(17-9-2)45(63)56-40(27-59)46(64)55-39(24-29(4)5)44(62)52-26-42(60)61/h8-9,11-14,18-21,29-32,37-41,43,51,59H,1-2,10,15-17,22-28H2,3-7H3,(H,52,62)(H,53,68)(H,54,66)(H,55,64)(H,56,63)(H,57,65)(H,60,61)/t30-,31-,32?,38-,39-,40-,41-,43-/m0/s1. The van der Waals surface area contributed by atoms with Gasteiger partial charge in [0.25, 0.3) is 0 Å². The second kappa shape index (κ2) is 26.8. The molecule has 0 spiro atoms. The second-order valence-electron chi connectivity index (χ2n) is 18.0. The van der Waals surface area contributed by atoms with Crippen LogP contribution in [0.15, 0.2) is 73.8 Å². The Morgan fingerprint density at radius 1 is 0.783 bits per heavy atom. The van der Waals surface area contributed by atoms with Crippen molar-refractivity contribution in [2.45, 2.75) is 121 Å². The molecular weight excluding hydrogens is 889 g/mol. The molecule has 376 valence electrons. The van der Waals surface area contributed by atoms with Crippen LogP contribution in [0.4, 0.5) is 4.79 Å². The first-order valence-electron chi connectivity index (χ1n) is 23.6. The number of aliphatic hydroxyl groups is 1. The number of nitrogens with zero attached hydrogens (tertiary/aromatic N) is 1. The van der Waals surface area contributed by atoms with Crippen LogP contribution in [0, 0.1) is 11.8 Å². The van der Waals surface area contributed by atoms with Gasteiger partial charge in [0.2, 0.25) is 35.4 Å². The number of benzene rings is 2. The van der Waals surface area contributed by atoms with Crippen LogP contribution in [-0.2, 0) is 38.3 Å². The van der Waals surface area contributed by atoms with Gasteiger partial charge in [0.1, 0.15) is 43.4 Å². The number of carboxylic acids is 1. The lowest BCUT2D eigenvalue weighted by Gasteiger charge is -2.31. The maximum absolute atomic E-state index is 14.0. The molecule has 9 N–H and O–H groups in total. The summed E-state index contributed by atoms with van der Waals surface area (Å²) in [4.78, 5) is 107. The lowest BCUT2D eigenvalue weighted by atomic mass is 9.97. The zero-order valence-corrected chi connectivity index (χ0v) is 40.3. The number of rotatable bonds is 27. The summed E-state index contributed by atoms with van der Waals surface area (Å²) in [6.45, 7) is 15.4. The van der Waals surface area contributed by atoms with E-state index in [1.54, 1.807) is 33.8 Å². The van der Waals surface area contributed by atoms with Crippen molar-refractivity contribution in [1.82, 2.24) is 42.1 Å². The van der Waals surface area contributed by atoms with E-state index in [-0.39, 0.29) is 43.7 Å². The van der Waals surface area contributed by atoms with Crippen molar-refractivity contribution in [3.8, 4) is 11.1 Å². The van der Waals surface area contributed by atoms with Crippen LogP contribution in [0.2, 0.25) is 0 Å². The van der Waals surface area contributed by atoms with Gasteiger partial charge in [0.15, 0.2) is 0 Å². The monoisotopic (exact) mass is 959 g/mol. The molecule has 1 fully saturated rings. The minimum absolute atomic E-state index is 0.0993. The van der Waals surface area contributed by atoms with Crippen molar-refractivity contribution in [1.29, 1.82) is 0 Å². The third-order valence-corrected chi connectivity index (χ3v) is 12.4. The predicted octanol–water partition coefficient (Wildman–Crippen LogP) is 2.24. The largest absolute Gasteiger partial charge is 0.480 e. The van der Waals surface area contributed by atoms with Crippen LogP contribution in [-0.4, -0.2) is 138 Å². The van der Waals surface area contributed by atoms with Crippen LogP contribution < -0.4 is 37.2 Å². The molecule has 0 radical (unpaired) electrons. The molecule has 7 amide bonds. The average Bonchev–Trinajstić information content (AvgIpc) is 3.95. The SMILES string of the molecule is C=CCC(CN[C@@H](C)C(=O)N1CCC[C@H]1C(=O)N[C@H](C(=O)N[C@@H](CC=C)C(=O)N[C@@H](CO)C(=O)N[C@@H](CC(C)C)C(=O)NCC(=O)O)[C@@H](C)CC)NC(=O)OCC1c2ccccc2-c2ccccc21. The van der Waals surface area contributed by atoms with Gasteiger partial charge in [-0.1, -0.05) is 94.8 Å². The molecule has 0 aromatic heterocycles. The van der Waals surface area contributed by atoms with Crippen molar-refractivity contribution in [3.05, 3.63) is 85.0 Å². The Hall–Kier alpha value is -6.60. The molecule has 1 aliphatic heterocycles. The summed E-state index contributed by atoms with van der Waals surface area (Å²) in [5.74, 6) is -6.08. The minimum atomic E-state index is -1.55. The number of aliphatic carboxylic acids is 1. The number of aliphatic hydroxyl groups excluding tert-OH is 1. The van der Waals surface area contributed by atoms with Gasteiger partial charge in [0, 0.05) is 25.0 Å². The number of nitrogens with one attached hydrogen (secondary N) is 7. The first-order chi connectivity index (χ1) is 32.9. The molecule has 8 atom stereocenters. The van der Waals surface area contributed by atoms with E-state index in [1.807, 2.05) is 43.3 Å². The molecule has 69 heavy (non-hydrogen) atoms. The summed E-state index contributed by atoms with van der Waals surface area (Å²) in [5.41, 5.74) is 4.41. The molecule has 2 aliphatic rings. The van der Waals surface area contributed by atoms with Crippen LogP contribution >= 0.6 is 0 Å². The summed E-state index contributed by atoms with van der Waals surface area (Å²) in [6.07, 6.45) is 4.16. The van der Waals surface area contributed by atoms with E-state index in [2.05, 4.69) is 62.5 Å². The van der Waals surface area contributed by atoms with Crippen molar-refractivity contribution in [2.75, 3.05) is 32.8 Å². The van der Waals surface area contributed by atoms with Gasteiger partial charge in [-0.2, -0.15) is 0 Å². The van der Waals surface area contributed by atoms with Crippen molar-refractivity contribution in [3.63, 3.8) is 0 Å². The van der Waals surface area contributed by atoms with E-state index < -0.39 is 103 Å². The Morgan fingerprint density at radius 3 is 1.96 bits per heavy atom. The number of likely N-dealkylation sites (tertiary alicyclic amines) is 1. The Balaban J connectivity index is 1.34. The quantitative estimate of drug-likeness (QED) is 0.0584. The molecule has 0 bridgehead atoms. The zero-order chi connectivity index (χ0) is 50.8. The molecule has 1 heterocycles. The molecule has 1 unspecified atom stereocenters. The normalized spacial score (nSPS) is 17.0. The number of carboxylic acid groups (broad SMARTS) is 1. The fourth-order valence-electron chi connectivity index (χ4n) is 8.50. The van der Waals surface area contributed by atoms with Gasteiger partial charge in [-0.25, -0.2) is 4.79 Å². The van der Waals surface area contributed by atoms with Gasteiger partial charge in [-0.15, -0.1) is 13.2 Å². The predicted molar refractivity (Wildman–Crippen MR) is 258 cm³/mol. The Morgan fingerprint density at radius 2 is 1.38 bits per heavy atom. The number of ether oxygens (including phenoxy) is 1. The Bertz CT molecular complexity index is 2120. The van der Waals surface area contributed by atoms with E-state index in [0.29, 0.717) is 32.2 Å². The highest BCUT2D eigenvalue weighted by Gasteiger charge is 2.39. The van der Waals surface area contributed by atoms with Crippen LogP contribution in [0.5, 0.6) is 0 Å². The molecule has 19 nitrogen and oxygen atoms in total. The molecule has 2 aromatic rings. The van der Waals surface area contributed by atoms with E-state index in [4.69, 9.17) is 9.84 Å². The molecule has 4 rings (SSSR count). The number of carbonyl (C=O) groups excluding carboxylic acids is 7. The number of hydrogen-bond acceptors (Lipinski definition) is 11. The summed E-state index contributed by atoms with van der Waals surface area (Å²) in [5, 5.41) is 37.6. The van der Waals surface area contributed by atoms with Gasteiger partial charge >= 0.3 is 12.1 Å². The average molecular weight is 959 g/mol. The molecule has 0 saturated carbocycles. The molecule has 1 aliphatic carbocycles. The van der Waals surface area contributed by atoms with E-state index in [0.717, 1.165) is 22.3 Å². The first-order valence-corrected chi connectivity index (χ1v) is 23.6. The first kappa shape index (κ1) is 55.0. The fraction of sp³-hybridized carbons (Fsp3) is 0.520. The number of alkyl carbamates (subject to hydrolysis) is 1. The zero-order valence-electron chi connectivity index (χ0n) is 40.3. The maximum Gasteiger partial charge on any atom is 0.407 e. The molecule has 19 heteroatoms. The molecule has 1 saturated heterocycles. The second-order valence-corrected chi connectivity index (χ2v) is 18.0. The number of amides is 7. The van der Waals surface area contributed by atoms with Crippen LogP contribution in [0.25, 0.3) is 11.1 Å². The van der Waals surface area contributed by atoms with Crippen molar-refractivity contribution < 1.29 is 53.3 Å². The highest BCUT2D eigenvalue weighted by atomic mass is 16.5. The number of fused-ring (bicyclic) bond motifs is 3. The van der Waals surface area contributed by atoms with Crippen LogP contribution in [0.1, 0.15) is 90.2 Å². The Kier molecular flexibility index (Phi) is 21.4. The van der Waals surface area contributed by atoms with Gasteiger partial charge in [-0.05, 0) is 73.1 Å². The number of carbonyl (C=O) groups is 8. The van der Waals surface area contributed by atoms with Gasteiger partial charge in [0.05, 0.1) is 12.6 Å². The summed E-state index contributed by atoms with van der Waals surface area (Å²) in [6, 6.07) is 8.80. The topological polar surface area (TPSA) is 274 Å². The van der Waals surface area contributed by atoms with E-state index >= 15 is 0 Å². The third-order valence-electron chi connectivity index (χ3n) is 12.4. The lowest BCUT2D eigenvalue weighted by Crippen LogP contribution is -2.61. The minimum Gasteiger partial charge on any atom is -0.480 e. The van der Waals surface area contributed by atoms with Gasteiger partial charge < -0.3 is 57.1 Å².